The van der Waals surface area contributed by atoms with Gasteiger partial charge in [0.1, 0.15) is 0 Å². The van der Waals surface area contributed by atoms with Crippen LogP contribution in [0.4, 0.5) is 5.69 Å². The zero-order valence-electron chi connectivity index (χ0n) is 9.66. The van der Waals surface area contributed by atoms with E-state index in [-0.39, 0.29) is 0 Å². The van der Waals surface area contributed by atoms with E-state index >= 15 is 0 Å². The largest absolute Gasteiger partial charge is 0.367 e. The Hall–Kier alpha value is -1.02. The fraction of sp³-hybridized carbons (Fsp3) is 0.538. The Morgan fingerprint density at radius 1 is 1.40 bits per heavy atom. The number of anilines is 1. The van der Waals surface area contributed by atoms with Gasteiger partial charge in [-0.1, -0.05) is 12.1 Å². The van der Waals surface area contributed by atoms with Crippen LogP contribution >= 0.6 is 0 Å². The van der Waals surface area contributed by atoms with Crippen LogP contribution in [-0.4, -0.2) is 25.7 Å². The van der Waals surface area contributed by atoms with Crippen LogP contribution in [0.5, 0.6) is 0 Å². The molecule has 1 unspecified atom stereocenters. The lowest BCUT2D eigenvalue weighted by molar-refractivity contribution is 0.630. The summed E-state index contributed by atoms with van der Waals surface area (Å²) >= 11 is 0. The van der Waals surface area contributed by atoms with Crippen molar-refractivity contribution in [1.29, 1.82) is 0 Å². The molecular weight excluding hydrogens is 184 g/mol. The van der Waals surface area contributed by atoms with Gasteiger partial charge >= 0.3 is 0 Å². The lowest BCUT2D eigenvalue weighted by Gasteiger charge is -2.29. The first-order valence-corrected chi connectivity index (χ1v) is 5.81. The Balaban J connectivity index is 2.20. The number of hydrogen-bond acceptors (Lipinski definition) is 2. The van der Waals surface area contributed by atoms with E-state index in [4.69, 9.17) is 0 Å². The monoisotopic (exact) mass is 204 g/mol. The van der Waals surface area contributed by atoms with E-state index in [9.17, 15) is 0 Å². The number of benzene rings is 1. The van der Waals surface area contributed by atoms with E-state index in [2.05, 4.69) is 48.3 Å². The first-order valence-electron chi connectivity index (χ1n) is 5.81. The molecule has 1 heterocycles. The van der Waals surface area contributed by atoms with Crippen LogP contribution < -0.4 is 10.2 Å². The van der Waals surface area contributed by atoms with Gasteiger partial charge in [-0.2, -0.15) is 0 Å². The van der Waals surface area contributed by atoms with Crippen molar-refractivity contribution in [2.75, 3.05) is 24.5 Å². The second-order valence-corrected chi connectivity index (χ2v) is 4.44. The summed E-state index contributed by atoms with van der Waals surface area (Å²) < 4.78 is 0. The molecule has 0 saturated carbocycles. The molecule has 1 aliphatic rings. The fourth-order valence-electron chi connectivity index (χ4n) is 2.21. The maximum Gasteiger partial charge on any atom is 0.0386 e. The normalized spacial score (nSPS) is 22.5. The molecule has 0 aliphatic carbocycles. The van der Waals surface area contributed by atoms with Crippen molar-refractivity contribution in [1.82, 2.24) is 5.32 Å². The maximum absolute atomic E-state index is 3.47. The molecule has 2 heteroatoms. The molecule has 2 nitrogen and oxygen atoms in total. The molecular formula is C13H20N2. The van der Waals surface area contributed by atoms with E-state index in [1.165, 1.54) is 17.7 Å². The summed E-state index contributed by atoms with van der Waals surface area (Å²) in [5, 5.41) is 3.47. The highest BCUT2D eigenvalue weighted by Gasteiger charge is 2.16. The van der Waals surface area contributed by atoms with E-state index in [1.54, 1.807) is 0 Å². The Morgan fingerprint density at radius 3 is 3.07 bits per heavy atom. The predicted molar refractivity (Wildman–Crippen MR) is 65.5 cm³/mol. The van der Waals surface area contributed by atoms with E-state index in [0.717, 1.165) is 19.6 Å². The van der Waals surface area contributed by atoms with Gasteiger partial charge in [0.2, 0.25) is 0 Å². The van der Waals surface area contributed by atoms with Gasteiger partial charge < -0.3 is 10.2 Å². The molecule has 82 valence electrons. The summed E-state index contributed by atoms with van der Waals surface area (Å²) in [5.74, 6) is 0. The zero-order chi connectivity index (χ0) is 10.7. The summed E-state index contributed by atoms with van der Waals surface area (Å²) in [4.78, 5) is 2.51. The summed E-state index contributed by atoms with van der Waals surface area (Å²) in [7, 11) is 0. The van der Waals surface area contributed by atoms with Gasteiger partial charge in [-0.3, -0.25) is 0 Å². The minimum atomic E-state index is 0.592. The van der Waals surface area contributed by atoms with Gasteiger partial charge in [0, 0.05) is 24.8 Å². The molecule has 1 aliphatic heterocycles. The number of hydrogen-bond donors (Lipinski definition) is 1. The topological polar surface area (TPSA) is 15.3 Å². The van der Waals surface area contributed by atoms with Gasteiger partial charge in [0.05, 0.1) is 0 Å². The first kappa shape index (κ1) is 10.5. The van der Waals surface area contributed by atoms with Crippen molar-refractivity contribution in [3.63, 3.8) is 0 Å². The second-order valence-electron chi connectivity index (χ2n) is 4.44. The van der Waals surface area contributed by atoms with Crippen LogP contribution in [0.25, 0.3) is 0 Å². The molecule has 1 fully saturated rings. The Labute approximate surface area is 92.3 Å². The highest BCUT2D eigenvalue weighted by molar-refractivity contribution is 5.49. The maximum atomic E-state index is 3.47. The average Bonchev–Trinajstić information content (AvgIpc) is 2.43. The highest BCUT2D eigenvalue weighted by atomic mass is 15.2. The quantitative estimate of drug-likeness (QED) is 0.754. The van der Waals surface area contributed by atoms with E-state index in [1.807, 2.05) is 0 Å². The minimum Gasteiger partial charge on any atom is -0.367 e. The van der Waals surface area contributed by atoms with Crippen molar-refractivity contribution >= 4 is 5.69 Å². The molecule has 1 saturated heterocycles. The number of aryl methyl sites for hydroxylation is 1. The molecule has 0 bridgehead atoms. The van der Waals surface area contributed by atoms with Crippen molar-refractivity contribution in [3.05, 3.63) is 29.8 Å². The number of nitrogens with zero attached hydrogens (tertiary/aromatic N) is 1. The van der Waals surface area contributed by atoms with Crippen LogP contribution in [0.15, 0.2) is 24.3 Å². The predicted octanol–water partition coefficient (Wildman–Crippen LogP) is 2.18. The average molecular weight is 204 g/mol. The SMILES string of the molecule is Cc1cccc(N2CCCNCC2C)c1. The Bertz CT molecular complexity index is 322. The summed E-state index contributed by atoms with van der Waals surface area (Å²) in [6.45, 7) is 7.85. The van der Waals surface area contributed by atoms with Crippen LogP contribution in [0.1, 0.15) is 18.9 Å². The van der Waals surface area contributed by atoms with Crippen molar-refractivity contribution in [3.8, 4) is 0 Å². The van der Waals surface area contributed by atoms with E-state index in [0.29, 0.717) is 6.04 Å². The van der Waals surface area contributed by atoms with Crippen molar-refractivity contribution in [2.45, 2.75) is 26.3 Å². The molecule has 0 aromatic heterocycles. The van der Waals surface area contributed by atoms with E-state index < -0.39 is 0 Å². The summed E-state index contributed by atoms with van der Waals surface area (Å²) in [6.07, 6.45) is 1.23. The third kappa shape index (κ3) is 2.51. The van der Waals surface area contributed by atoms with Gasteiger partial charge in [0.25, 0.3) is 0 Å². The molecule has 15 heavy (non-hydrogen) atoms. The standard InChI is InChI=1S/C13H20N2/c1-11-5-3-6-13(9-11)15-8-4-7-14-10-12(15)2/h3,5-6,9,12,14H,4,7-8,10H2,1-2H3. The highest BCUT2D eigenvalue weighted by Crippen LogP contribution is 2.19. The first-order chi connectivity index (χ1) is 7.27. The summed E-state index contributed by atoms with van der Waals surface area (Å²) in [6, 6.07) is 9.39. The van der Waals surface area contributed by atoms with Crippen LogP contribution in [0, 0.1) is 6.92 Å². The minimum absolute atomic E-state index is 0.592. The van der Waals surface area contributed by atoms with Crippen molar-refractivity contribution in [2.24, 2.45) is 0 Å². The van der Waals surface area contributed by atoms with Gasteiger partial charge in [-0.15, -0.1) is 0 Å². The number of rotatable bonds is 1. The molecule has 0 amide bonds. The molecule has 1 atom stereocenters. The lowest BCUT2D eigenvalue weighted by Crippen LogP contribution is -2.37. The van der Waals surface area contributed by atoms with Crippen LogP contribution in [0.2, 0.25) is 0 Å². The molecule has 0 spiro atoms. The Morgan fingerprint density at radius 2 is 2.27 bits per heavy atom. The number of nitrogens with one attached hydrogen (secondary N) is 1. The zero-order valence-corrected chi connectivity index (χ0v) is 9.66. The molecule has 0 radical (unpaired) electrons. The van der Waals surface area contributed by atoms with Crippen LogP contribution in [0.3, 0.4) is 0 Å². The fourth-order valence-corrected chi connectivity index (χ4v) is 2.21. The van der Waals surface area contributed by atoms with Crippen LogP contribution in [-0.2, 0) is 0 Å². The molecule has 2 rings (SSSR count). The second kappa shape index (κ2) is 4.67. The van der Waals surface area contributed by atoms with Gasteiger partial charge in [-0.05, 0) is 44.5 Å². The van der Waals surface area contributed by atoms with Crippen molar-refractivity contribution < 1.29 is 0 Å². The smallest absolute Gasteiger partial charge is 0.0386 e. The third-order valence-electron chi connectivity index (χ3n) is 3.06. The Kier molecular flexibility index (Phi) is 3.27. The molecule has 1 N–H and O–H groups in total. The lowest BCUT2D eigenvalue weighted by atomic mass is 10.1. The molecule has 1 aromatic carbocycles. The molecule has 1 aromatic rings. The third-order valence-corrected chi connectivity index (χ3v) is 3.06. The van der Waals surface area contributed by atoms with Gasteiger partial charge in [-0.25, -0.2) is 0 Å². The van der Waals surface area contributed by atoms with Gasteiger partial charge in [0.15, 0.2) is 0 Å². The summed E-state index contributed by atoms with van der Waals surface area (Å²) in [5.41, 5.74) is 2.71.